The van der Waals surface area contributed by atoms with Crippen molar-refractivity contribution in [2.24, 2.45) is 7.05 Å². The summed E-state index contributed by atoms with van der Waals surface area (Å²) in [4.78, 5) is 4.72. The van der Waals surface area contributed by atoms with Crippen LogP contribution in [-0.2, 0) is 12.8 Å². The number of nitrogens with zero attached hydrogens (tertiary/aromatic N) is 6. The third kappa shape index (κ3) is 3.03. The van der Waals surface area contributed by atoms with Crippen molar-refractivity contribution < 1.29 is 4.42 Å². The second-order valence-corrected chi connectivity index (χ2v) is 8.62. The monoisotopic (exact) mass is 440 g/mol. The standard InChI is InChI=1S/C24H20N6OS/c1-16-7-3-4-8-18(16)30-23(20-13-21-19(28(20)2)10-12-31-21)26-27-24(30)32-15-17-14-29-11-6-5-9-22(29)25-17/h3-14H,15H2,1-2H3. The molecule has 0 aliphatic carbocycles. The van der Waals surface area contributed by atoms with Crippen LogP contribution in [-0.4, -0.2) is 28.7 Å². The van der Waals surface area contributed by atoms with Gasteiger partial charge in [-0.1, -0.05) is 36.0 Å². The fourth-order valence-corrected chi connectivity index (χ4v) is 4.85. The van der Waals surface area contributed by atoms with Gasteiger partial charge in [-0.15, -0.1) is 10.2 Å². The highest BCUT2D eigenvalue weighted by molar-refractivity contribution is 7.98. The average Bonchev–Trinajstić information content (AvgIpc) is 3.56. The molecule has 0 atom stereocenters. The van der Waals surface area contributed by atoms with Crippen molar-refractivity contribution >= 4 is 28.5 Å². The number of hydrogen-bond acceptors (Lipinski definition) is 5. The lowest BCUT2D eigenvalue weighted by molar-refractivity contribution is 0.616. The van der Waals surface area contributed by atoms with E-state index in [4.69, 9.17) is 9.40 Å². The van der Waals surface area contributed by atoms with Crippen molar-refractivity contribution in [2.45, 2.75) is 17.8 Å². The molecule has 0 unspecified atom stereocenters. The minimum atomic E-state index is 0.696. The van der Waals surface area contributed by atoms with E-state index in [-0.39, 0.29) is 0 Å². The number of rotatable bonds is 5. The van der Waals surface area contributed by atoms with Gasteiger partial charge in [0.1, 0.15) is 5.65 Å². The SMILES string of the molecule is Cc1ccccc1-n1c(SCc2cn3ccccc3n2)nnc1-c1cc2occc2n1C. The molecule has 6 aromatic rings. The second kappa shape index (κ2) is 7.42. The Kier molecular flexibility index (Phi) is 4.39. The third-order valence-corrected chi connectivity index (χ3v) is 6.61. The molecule has 0 fully saturated rings. The number of furan rings is 1. The van der Waals surface area contributed by atoms with Crippen molar-refractivity contribution in [3.05, 3.63) is 84.5 Å². The van der Waals surface area contributed by atoms with E-state index in [2.05, 4.69) is 44.6 Å². The first-order valence-corrected chi connectivity index (χ1v) is 11.3. The predicted octanol–water partition coefficient (Wildman–Crippen LogP) is 5.27. The van der Waals surface area contributed by atoms with E-state index in [0.717, 1.165) is 50.4 Å². The van der Waals surface area contributed by atoms with E-state index in [0.29, 0.717) is 5.75 Å². The quantitative estimate of drug-likeness (QED) is 0.342. The molecule has 0 aliphatic rings. The van der Waals surface area contributed by atoms with Gasteiger partial charge in [0, 0.05) is 37.3 Å². The van der Waals surface area contributed by atoms with E-state index in [1.807, 2.05) is 60.1 Å². The zero-order chi connectivity index (χ0) is 21.7. The van der Waals surface area contributed by atoms with Gasteiger partial charge < -0.3 is 13.4 Å². The van der Waals surface area contributed by atoms with E-state index >= 15 is 0 Å². The van der Waals surface area contributed by atoms with Gasteiger partial charge in [0.2, 0.25) is 0 Å². The van der Waals surface area contributed by atoms with Crippen LogP contribution >= 0.6 is 11.8 Å². The summed E-state index contributed by atoms with van der Waals surface area (Å²) >= 11 is 1.63. The van der Waals surface area contributed by atoms with Crippen molar-refractivity contribution in [1.29, 1.82) is 0 Å². The lowest BCUT2D eigenvalue weighted by Crippen LogP contribution is -2.04. The number of benzene rings is 1. The molecule has 0 bridgehead atoms. The molecule has 0 aliphatic heterocycles. The first kappa shape index (κ1) is 18.9. The first-order chi connectivity index (χ1) is 15.7. The van der Waals surface area contributed by atoms with Crippen molar-refractivity contribution in [1.82, 2.24) is 28.7 Å². The van der Waals surface area contributed by atoms with Crippen LogP contribution in [0.15, 0.2) is 82.8 Å². The molecule has 0 saturated carbocycles. The molecule has 0 N–H and O–H groups in total. The molecule has 32 heavy (non-hydrogen) atoms. The minimum absolute atomic E-state index is 0.696. The first-order valence-electron chi connectivity index (χ1n) is 10.3. The Bertz CT molecular complexity index is 1540. The molecule has 1 aromatic carbocycles. The van der Waals surface area contributed by atoms with Crippen LogP contribution in [0.3, 0.4) is 0 Å². The van der Waals surface area contributed by atoms with Gasteiger partial charge in [-0.3, -0.25) is 4.57 Å². The fourth-order valence-electron chi connectivity index (χ4n) is 4.02. The summed E-state index contributed by atoms with van der Waals surface area (Å²) in [5, 5.41) is 9.99. The van der Waals surface area contributed by atoms with Crippen LogP contribution in [0.4, 0.5) is 0 Å². The number of imidazole rings is 1. The molecular weight excluding hydrogens is 420 g/mol. The number of thioether (sulfide) groups is 1. The number of pyridine rings is 1. The molecule has 0 amide bonds. The maximum atomic E-state index is 5.62. The Morgan fingerprint density at radius 2 is 1.91 bits per heavy atom. The molecule has 8 heteroatoms. The van der Waals surface area contributed by atoms with Crippen molar-refractivity contribution in [2.75, 3.05) is 0 Å². The molecule has 5 aromatic heterocycles. The van der Waals surface area contributed by atoms with Gasteiger partial charge in [-0.2, -0.15) is 0 Å². The maximum absolute atomic E-state index is 5.62. The lowest BCUT2D eigenvalue weighted by Gasteiger charge is -2.13. The second-order valence-electron chi connectivity index (χ2n) is 7.67. The molecule has 6 rings (SSSR count). The molecular formula is C24H20N6OS. The topological polar surface area (TPSA) is 66.1 Å². The van der Waals surface area contributed by atoms with Gasteiger partial charge >= 0.3 is 0 Å². The van der Waals surface area contributed by atoms with E-state index in [1.54, 1.807) is 18.0 Å². The average molecular weight is 441 g/mol. The molecule has 0 radical (unpaired) electrons. The summed E-state index contributed by atoms with van der Waals surface area (Å²) < 4.78 is 11.9. The summed E-state index contributed by atoms with van der Waals surface area (Å²) in [5.41, 5.74) is 6.96. The number of hydrogen-bond donors (Lipinski definition) is 0. The Hall–Kier alpha value is -3.78. The summed E-state index contributed by atoms with van der Waals surface area (Å²) in [6.45, 7) is 2.10. The molecule has 5 heterocycles. The lowest BCUT2D eigenvalue weighted by atomic mass is 10.2. The van der Waals surface area contributed by atoms with Crippen molar-refractivity contribution in [3.63, 3.8) is 0 Å². The number of aromatic nitrogens is 6. The smallest absolute Gasteiger partial charge is 0.196 e. The van der Waals surface area contributed by atoms with E-state index < -0.39 is 0 Å². The normalized spacial score (nSPS) is 11.7. The molecule has 0 spiro atoms. The fraction of sp³-hybridized carbons (Fsp3) is 0.125. The van der Waals surface area contributed by atoms with Crippen LogP contribution in [0.2, 0.25) is 0 Å². The van der Waals surface area contributed by atoms with Gasteiger partial charge in [-0.05, 0) is 30.7 Å². The van der Waals surface area contributed by atoms with E-state index in [9.17, 15) is 0 Å². The van der Waals surface area contributed by atoms with Gasteiger partial charge in [0.25, 0.3) is 0 Å². The molecule has 158 valence electrons. The van der Waals surface area contributed by atoms with Crippen LogP contribution in [0.25, 0.3) is 34.0 Å². The minimum Gasteiger partial charge on any atom is -0.463 e. The summed E-state index contributed by atoms with van der Waals surface area (Å²) in [6.07, 6.45) is 5.77. The number of fused-ring (bicyclic) bond motifs is 2. The predicted molar refractivity (Wildman–Crippen MR) is 125 cm³/mol. The zero-order valence-corrected chi connectivity index (χ0v) is 18.5. The zero-order valence-electron chi connectivity index (χ0n) is 17.6. The summed E-state index contributed by atoms with van der Waals surface area (Å²) in [5.74, 6) is 1.48. The Labute approximate surface area is 188 Å². The highest BCUT2D eigenvalue weighted by Gasteiger charge is 2.21. The summed E-state index contributed by atoms with van der Waals surface area (Å²) in [6, 6.07) is 18.3. The largest absolute Gasteiger partial charge is 0.463 e. The van der Waals surface area contributed by atoms with Gasteiger partial charge in [0.15, 0.2) is 16.6 Å². The Balaban J connectivity index is 1.44. The van der Waals surface area contributed by atoms with Crippen LogP contribution < -0.4 is 0 Å². The van der Waals surface area contributed by atoms with E-state index in [1.165, 1.54) is 0 Å². The van der Waals surface area contributed by atoms with Gasteiger partial charge in [0.05, 0.1) is 28.9 Å². The molecule has 7 nitrogen and oxygen atoms in total. The van der Waals surface area contributed by atoms with Crippen LogP contribution in [0, 0.1) is 6.92 Å². The number of para-hydroxylation sites is 1. The molecule has 0 saturated heterocycles. The number of aryl methyl sites for hydroxylation is 2. The third-order valence-electron chi connectivity index (χ3n) is 5.65. The maximum Gasteiger partial charge on any atom is 0.196 e. The van der Waals surface area contributed by atoms with Gasteiger partial charge in [-0.25, -0.2) is 4.98 Å². The Morgan fingerprint density at radius 1 is 1.03 bits per heavy atom. The Morgan fingerprint density at radius 3 is 2.75 bits per heavy atom. The van der Waals surface area contributed by atoms with Crippen molar-refractivity contribution in [3.8, 4) is 17.2 Å². The highest BCUT2D eigenvalue weighted by Crippen LogP contribution is 2.33. The van der Waals surface area contributed by atoms with Crippen LogP contribution in [0.5, 0.6) is 0 Å². The van der Waals surface area contributed by atoms with Crippen LogP contribution in [0.1, 0.15) is 11.3 Å². The highest BCUT2D eigenvalue weighted by atomic mass is 32.2. The summed E-state index contributed by atoms with van der Waals surface area (Å²) in [7, 11) is 2.02.